The molecule has 3 amide bonds. The number of carboxylic acid groups (broad SMARTS) is 1. The number of benzene rings is 5. The number of nitrogens with one attached hydrogen (secondary N) is 3. The van der Waals surface area contributed by atoms with Crippen LogP contribution >= 0.6 is 35.0 Å². The molecule has 5 aromatic rings. The predicted molar refractivity (Wildman–Crippen MR) is 192 cm³/mol. The molecule has 5 aromatic carbocycles. The molecule has 0 saturated carbocycles. The first-order valence-corrected chi connectivity index (χ1v) is 16.2. The third-order valence-corrected chi connectivity index (χ3v) is 8.82. The highest BCUT2D eigenvalue weighted by Gasteiger charge is 2.23. The van der Waals surface area contributed by atoms with E-state index in [1.165, 1.54) is 42.1 Å². The van der Waals surface area contributed by atoms with E-state index in [9.17, 15) is 29.4 Å². The van der Waals surface area contributed by atoms with Crippen molar-refractivity contribution in [3.05, 3.63) is 159 Å². The fourth-order valence-corrected chi connectivity index (χ4v) is 6.05. The summed E-state index contributed by atoms with van der Waals surface area (Å²) >= 11 is 13.6. The van der Waals surface area contributed by atoms with Crippen LogP contribution in [0, 0.1) is 0 Å². The second kappa shape index (κ2) is 16.0. The van der Waals surface area contributed by atoms with E-state index in [1.807, 2.05) is 6.07 Å². The smallest absolute Gasteiger partial charge is 0.339 e. The minimum atomic E-state index is -1.33. The van der Waals surface area contributed by atoms with Gasteiger partial charge in [-0.15, -0.1) is 11.8 Å². The highest BCUT2D eigenvalue weighted by atomic mass is 35.5. The van der Waals surface area contributed by atoms with Gasteiger partial charge in [0.2, 0.25) is 5.91 Å². The number of carboxylic acids is 1. The molecule has 0 saturated heterocycles. The van der Waals surface area contributed by atoms with Gasteiger partial charge in [-0.25, -0.2) is 4.79 Å². The maximum atomic E-state index is 13.5. The summed E-state index contributed by atoms with van der Waals surface area (Å²) < 4.78 is 0. The van der Waals surface area contributed by atoms with Gasteiger partial charge in [0, 0.05) is 31.9 Å². The number of hydrogen-bond donors (Lipinski definition) is 5. The molecule has 9 nitrogen and oxygen atoms in total. The average molecular weight is 713 g/mol. The van der Waals surface area contributed by atoms with Gasteiger partial charge in [0.15, 0.2) is 0 Å². The van der Waals surface area contributed by atoms with Gasteiger partial charge < -0.3 is 26.2 Å². The number of anilines is 2. The molecule has 0 spiro atoms. The summed E-state index contributed by atoms with van der Waals surface area (Å²) in [7, 11) is 0. The Bertz CT molecular complexity index is 2040. The molecule has 0 aliphatic heterocycles. The minimum Gasteiger partial charge on any atom is -0.507 e. The summed E-state index contributed by atoms with van der Waals surface area (Å²) in [4.78, 5) is 52.1. The van der Waals surface area contributed by atoms with Crippen LogP contribution in [0.25, 0.3) is 6.08 Å². The monoisotopic (exact) mass is 711 g/mol. The Balaban J connectivity index is 1.34. The Labute approximate surface area is 295 Å². The molecular weight excluding hydrogens is 685 g/mol. The van der Waals surface area contributed by atoms with Crippen molar-refractivity contribution in [3.63, 3.8) is 0 Å². The number of carbonyl (C=O) groups excluding carboxylic acids is 3. The molecule has 0 bridgehead atoms. The van der Waals surface area contributed by atoms with Crippen molar-refractivity contribution >= 4 is 76.1 Å². The zero-order chi connectivity index (χ0) is 34.9. The van der Waals surface area contributed by atoms with E-state index in [1.54, 1.807) is 91.0 Å². The summed E-state index contributed by atoms with van der Waals surface area (Å²) in [6.45, 7) is 0. The Morgan fingerprint density at radius 3 is 2.04 bits per heavy atom. The Morgan fingerprint density at radius 1 is 0.735 bits per heavy atom. The molecule has 1 atom stereocenters. The van der Waals surface area contributed by atoms with Crippen LogP contribution in [0.5, 0.6) is 5.75 Å². The standard InChI is InChI=1S/C37H27Cl2N3O6S/c38-25-12-11-24(30(39)20-25)19-31(42-34(44)23-9-5-2-6-10-23)35(45)40-26-13-16-28(17-14-26)49-33(22-7-3-1-4-8-22)36(46)41-27-15-18-32(43)29(21-27)37(47)48/h1-21,33,43H,(H,40,45)(H,41,46)(H,42,44)(H,47,48)/b31-19-. The van der Waals surface area contributed by atoms with Crippen LogP contribution in [-0.4, -0.2) is 33.9 Å². The van der Waals surface area contributed by atoms with E-state index in [-0.39, 0.29) is 22.0 Å². The number of amides is 3. The average Bonchev–Trinajstić information content (AvgIpc) is 3.10. The quantitative estimate of drug-likeness (QED) is 0.0527. The van der Waals surface area contributed by atoms with Crippen LogP contribution < -0.4 is 16.0 Å². The second-order valence-electron chi connectivity index (χ2n) is 10.5. The maximum Gasteiger partial charge on any atom is 0.339 e. The number of hydrogen-bond acceptors (Lipinski definition) is 6. The molecule has 0 aliphatic carbocycles. The molecule has 49 heavy (non-hydrogen) atoms. The lowest BCUT2D eigenvalue weighted by Gasteiger charge is -2.18. The summed E-state index contributed by atoms with van der Waals surface area (Å²) in [6, 6.07) is 32.8. The molecule has 0 radical (unpaired) electrons. The summed E-state index contributed by atoms with van der Waals surface area (Å²) in [5.41, 5.74) is 1.75. The van der Waals surface area contributed by atoms with Gasteiger partial charge in [-0.3, -0.25) is 14.4 Å². The molecule has 246 valence electrons. The molecular formula is C37H27Cl2N3O6S. The zero-order valence-corrected chi connectivity index (χ0v) is 27.7. The van der Waals surface area contributed by atoms with Gasteiger partial charge in [-0.1, -0.05) is 77.8 Å². The van der Waals surface area contributed by atoms with Gasteiger partial charge in [0.25, 0.3) is 11.8 Å². The molecule has 1 unspecified atom stereocenters. The Morgan fingerprint density at radius 2 is 1.39 bits per heavy atom. The largest absolute Gasteiger partial charge is 0.507 e. The molecule has 0 heterocycles. The van der Waals surface area contributed by atoms with Crippen LogP contribution in [0.1, 0.15) is 37.1 Å². The predicted octanol–water partition coefficient (Wildman–Crippen LogP) is 8.28. The van der Waals surface area contributed by atoms with Gasteiger partial charge in [0.05, 0.1) is 0 Å². The van der Waals surface area contributed by atoms with Crippen molar-refractivity contribution < 1.29 is 29.4 Å². The van der Waals surface area contributed by atoms with Crippen LogP contribution in [0.4, 0.5) is 11.4 Å². The van der Waals surface area contributed by atoms with Crippen molar-refractivity contribution in [2.24, 2.45) is 0 Å². The third kappa shape index (κ3) is 9.29. The van der Waals surface area contributed by atoms with Crippen LogP contribution in [-0.2, 0) is 9.59 Å². The number of rotatable bonds is 11. The molecule has 12 heteroatoms. The first-order chi connectivity index (χ1) is 23.6. The number of aromatic hydroxyl groups is 1. The number of halogens is 2. The third-order valence-electron chi connectivity index (χ3n) is 6.99. The first kappa shape index (κ1) is 34.8. The highest BCUT2D eigenvalue weighted by Crippen LogP contribution is 2.37. The first-order valence-electron chi connectivity index (χ1n) is 14.6. The fraction of sp³-hybridized carbons (Fsp3) is 0.0270. The van der Waals surface area contributed by atoms with Gasteiger partial charge >= 0.3 is 5.97 Å². The van der Waals surface area contributed by atoms with Crippen molar-refractivity contribution in [1.82, 2.24) is 5.32 Å². The topological polar surface area (TPSA) is 145 Å². The van der Waals surface area contributed by atoms with Crippen molar-refractivity contribution in [3.8, 4) is 5.75 Å². The van der Waals surface area contributed by atoms with Crippen LogP contribution in [0.15, 0.2) is 132 Å². The van der Waals surface area contributed by atoms with Gasteiger partial charge in [-0.05, 0) is 83.9 Å². The fourth-order valence-electron chi connectivity index (χ4n) is 4.56. The van der Waals surface area contributed by atoms with E-state index in [2.05, 4.69) is 16.0 Å². The number of phenols is 1. The summed E-state index contributed by atoms with van der Waals surface area (Å²) in [6.07, 6.45) is 1.45. The van der Waals surface area contributed by atoms with Crippen LogP contribution in [0.3, 0.4) is 0 Å². The summed E-state index contributed by atoms with van der Waals surface area (Å²) in [5, 5.41) is 27.4. The normalized spacial score (nSPS) is 11.7. The lowest BCUT2D eigenvalue weighted by Crippen LogP contribution is -2.30. The number of aromatic carboxylic acids is 1. The lowest BCUT2D eigenvalue weighted by molar-refractivity contribution is -0.116. The van der Waals surface area contributed by atoms with Crippen molar-refractivity contribution in [2.75, 3.05) is 10.6 Å². The second-order valence-corrected chi connectivity index (χ2v) is 12.5. The van der Waals surface area contributed by atoms with E-state index in [0.29, 0.717) is 32.3 Å². The van der Waals surface area contributed by atoms with E-state index < -0.39 is 34.7 Å². The number of thioether (sulfide) groups is 1. The van der Waals surface area contributed by atoms with Crippen molar-refractivity contribution in [1.29, 1.82) is 0 Å². The summed E-state index contributed by atoms with van der Waals surface area (Å²) in [5.74, 6) is -3.26. The minimum absolute atomic E-state index is 0.0578. The number of carbonyl (C=O) groups is 4. The SMILES string of the molecule is O=C(Nc1ccc(SC(C(=O)Nc2ccc(O)c(C(=O)O)c2)c2ccccc2)cc1)/C(=C/c1ccc(Cl)cc1Cl)NC(=O)c1ccccc1. The van der Waals surface area contributed by atoms with Crippen molar-refractivity contribution in [2.45, 2.75) is 10.1 Å². The molecule has 5 rings (SSSR count). The van der Waals surface area contributed by atoms with E-state index in [0.717, 1.165) is 0 Å². The van der Waals surface area contributed by atoms with Gasteiger partial charge in [0.1, 0.15) is 22.3 Å². The molecule has 0 fully saturated rings. The lowest BCUT2D eigenvalue weighted by atomic mass is 10.1. The van der Waals surface area contributed by atoms with E-state index in [4.69, 9.17) is 23.2 Å². The van der Waals surface area contributed by atoms with Crippen LogP contribution in [0.2, 0.25) is 10.0 Å². The maximum absolute atomic E-state index is 13.5. The molecule has 5 N–H and O–H groups in total. The van der Waals surface area contributed by atoms with E-state index >= 15 is 0 Å². The molecule has 0 aliphatic rings. The molecule has 0 aromatic heterocycles. The zero-order valence-electron chi connectivity index (χ0n) is 25.4. The Hall–Kier alpha value is -5.55. The Kier molecular flexibility index (Phi) is 11.4. The highest BCUT2D eigenvalue weighted by molar-refractivity contribution is 8.00. The van der Waals surface area contributed by atoms with Gasteiger partial charge in [-0.2, -0.15) is 0 Å².